The number of amides is 1. The van der Waals surface area contributed by atoms with E-state index in [4.69, 9.17) is 11.6 Å². The molecule has 1 N–H and O–H groups in total. The lowest BCUT2D eigenvalue weighted by atomic mass is 10.0. The number of benzene rings is 2. The van der Waals surface area contributed by atoms with Crippen molar-refractivity contribution in [1.82, 2.24) is 5.32 Å². The number of rotatable bonds is 6. The van der Waals surface area contributed by atoms with Crippen LogP contribution in [0.4, 0.5) is 4.39 Å². The van der Waals surface area contributed by atoms with Gasteiger partial charge in [-0.2, -0.15) is 0 Å². The lowest BCUT2D eigenvalue weighted by molar-refractivity contribution is -0.121. The number of fused-ring (bicyclic) bond motifs is 1. The standard InChI is InChI=1S/C21H21ClFNO2/c1-13(15-7-8-19(23)18(22)12-15)24-21(26)10-9-20(25)17-6-5-14-3-2-4-16(14)11-17/h5-8,11-13H,2-4,9-10H2,1H3,(H,24,26). The summed E-state index contributed by atoms with van der Waals surface area (Å²) >= 11 is 5.77. The van der Waals surface area contributed by atoms with Crippen molar-refractivity contribution in [2.45, 2.75) is 45.1 Å². The van der Waals surface area contributed by atoms with Gasteiger partial charge >= 0.3 is 0 Å². The van der Waals surface area contributed by atoms with Crippen molar-refractivity contribution in [2.24, 2.45) is 0 Å². The van der Waals surface area contributed by atoms with E-state index >= 15 is 0 Å². The van der Waals surface area contributed by atoms with E-state index < -0.39 is 5.82 Å². The van der Waals surface area contributed by atoms with Crippen molar-refractivity contribution < 1.29 is 14.0 Å². The van der Waals surface area contributed by atoms with E-state index in [1.54, 1.807) is 13.0 Å². The van der Waals surface area contributed by atoms with E-state index in [1.807, 2.05) is 18.2 Å². The molecule has 0 saturated heterocycles. The zero-order chi connectivity index (χ0) is 18.7. The molecule has 0 heterocycles. The summed E-state index contributed by atoms with van der Waals surface area (Å²) in [5, 5.41) is 2.84. The molecule has 1 aliphatic rings. The van der Waals surface area contributed by atoms with Crippen LogP contribution in [0.1, 0.15) is 59.3 Å². The van der Waals surface area contributed by atoms with Gasteiger partial charge in [0.05, 0.1) is 11.1 Å². The molecule has 136 valence electrons. The van der Waals surface area contributed by atoms with E-state index in [2.05, 4.69) is 5.32 Å². The van der Waals surface area contributed by atoms with Gasteiger partial charge in [0.15, 0.2) is 5.78 Å². The lowest BCUT2D eigenvalue weighted by Crippen LogP contribution is -2.27. The summed E-state index contributed by atoms with van der Waals surface area (Å²) < 4.78 is 13.2. The minimum Gasteiger partial charge on any atom is -0.350 e. The minimum absolute atomic E-state index is 0.0210. The molecule has 1 aliphatic carbocycles. The highest BCUT2D eigenvalue weighted by atomic mass is 35.5. The Morgan fingerprint density at radius 2 is 1.88 bits per heavy atom. The molecule has 2 aromatic rings. The fraction of sp³-hybridized carbons (Fsp3) is 0.333. The largest absolute Gasteiger partial charge is 0.350 e. The molecule has 26 heavy (non-hydrogen) atoms. The molecule has 0 aliphatic heterocycles. The minimum atomic E-state index is -0.492. The summed E-state index contributed by atoms with van der Waals surface area (Å²) in [5.74, 6) is -0.728. The van der Waals surface area contributed by atoms with E-state index in [-0.39, 0.29) is 35.6 Å². The van der Waals surface area contributed by atoms with Crippen molar-refractivity contribution in [3.05, 3.63) is 69.5 Å². The van der Waals surface area contributed by atoms with Gasteiger partial charge in [0.25, 0.3) is 0 Å². The van der Waals surface area contributed by atoms with Crippen LogP contribution < -0.4 is 5.32 Å². The second kappa shape index (κ2) is 8.00. The normalized spacial score (nSPS) is 14.0. The molecule has 1 unspecified atom stereocenters. The summed E-state index contributed by atoms with van der Waals surface area (Å²) in [6, 6.07) is 9.89. The van der Waals surface area contributed by atoms with Crippen LogP contribution in [0, 0.1) is 5.82 Å². The molecule has 3 rings (SSSR count). The first-order valence-corrected chi connectivity index (χ1v) is 9.21. The summed E-state index contributed by atoms with van der Waals surface area (Å²) in [6.07, 6.45) is 3.53. The van der Waals surface area contributed by atoms with Gasteiger partial charge in [-0.3, -0.25) is 9.59 Å². The van der Waals surface area contributed by atoms with Crippen molar-refractivity contribution in [2.75, 3.05) is 0 Å². The van der Waals surface area contributed by atoms with Gasteiger partial charge < -0.3 is 5.32 Å². The molecule has 0 radical (unpaired) electrons. The van der Waals surface area contributed by atoms with Crippen molar-refractivity contribution in [1.29, 1.82) is 0 Å². The van der Waals surface area contributed by atoms with Crippen LogP contribution in [0.2, 0.25) is 5.02 Å². The van der Waals surface area contributed by atoms with E-state index in [9.17, 15) is 14.0 Å². The molecule has 0 bridgehead atoms. The van der Waals surface area contributed by atoms with Gasteiger partial charge in [0, 0.05) is 18.4 Å². The Morgan fingerprint density at radius 3 is 2.65 bits per heavy atom. The van der Waals surface area contributed by atoms with Crippen molar-refractivity contribution in [3.63, 3.8) is 0 Å². The number of ketones is 1. The Hall–Kier alpha value is -2.20. The van der Waals surface area contributed by atoms with Crippen LogP contribution in [-0.2, 0) is 17.6 Å². The summed E-state index contributed by atoms with van der Waals surface area (Å²) in [5.41, 5.74) is 3.97. The topological polar surface area (TPSA) is 46.2 Å². The maximum absolute atomic E-state index is 13.2. The number of aryl methyl sites for hydroxylation is 2. The fourth-order valence-corrected chi connectivity index (χ4v) is 3.48. The molecular weight excluding hydrogens is 353 g/mol. The fourth-order valence-electron chi connectivity index (χ4n) is 3.30. The zero-order valence-corrected chi connectivity index (χ0v) is 15.4. The second-order valence-electron chi connectivity index (χ2n) is 6.72. The summed E-state index contributed by atoms with van der Waals surface area (Å²) in [4.78, 5) is 24.5. The van der Waals surface area contributed by atoms with Gasteiger partial charge in [-0.1, -0.05) is 29.8 Å². The number of hydrogen-bond donors (Lipinski definition) is 1. The average Bonchev–Trinajstić information content (AvgIpc) is 3.09. The highest BCUT2D eigenvalue weighted by Crippen LogP contribution is 2.24. The first kappa shape index (κ1) is 18.6. The number of halogens is 2. The van der Waals surface area contributed by atoms with Crippen LogP contribution in [0.5, 0.6) is 0 Å². The third-order valence-corrected chi connectivity index (χ3v) is 5.11. The van der Waals surface area contributed by atoms with Crippen LogP contribution in [0.25, 0.3) is 0 Å². The number of carbonyl (C=O) groups excluding carboxylic acids is 2. The molecule has 0 fully saturated rings. The maximum Gasteiger partial charge on any atom is 0.220 e. The monoisotopic (exact) mass is 373 g/mol. The first-order valence-electron chi connectivity index (χ1n) is 8.83. The molecule has 1 amide bonds. The molecule has 1 atom stereocenters. The van der Waals surface area contributed by atoms with Crippen LogP contribution in [0.3, 0.4) is 0 Å². The number of hydrogen-bond acceptors (Lipinski definition) is 2. The van der Waals surface area contributed by atoms with Gasteiger partial charge in [-0.25, -0.2) is 4.39 Å². The smallest absolute Gasteiger partial charge is 0.220 e. The highest BCUT2D eigenvalue weighted by molar-refractivity contribution is 6.30. The molecule has 0 aromatic heterocycles. The Kier molecular flexibility index (Phi) is 5.72. The van der Waals surface area contributed by atoms with Crippen molar-refractivity contribution >= 4 is 23.3 Å². The summed E-state index contributed by atoms with van der Waals surface area (Å²) in [6.45, 7) is 1.80. The maximum atomic E-state index is 13.2. The Balaban J connectivity index is 1.53. The van der Waals surface area contributed by atoms with Crippen LogP contribution >= 0.6 is 11.6 Å². The lowest BCUT2D eigenvalue weighted by Gasteiger charge is -2.15. The second-order valence-corrected chi connectivity index (χ2v) is 7.13. The van der Waals surface area contributed by atoms with Crippen LogP contribution in [-0.4, -0.2) is 11.7 Å². The highest BCUT2D eigenvalue weighted by Gasteiger charge is 2.16. The molecule has 3 nitrogen and oxygen atoms in total. The number of Topliss-reactive ketones (excluding diaryl/α,β-unsaturated/α-hetero) is 1. The number of nitrogens with one attached hydrogen (secondary N) is 1. The Labute approximate surface area is 157 Å². The third-order valence-electron chi connectivity index (χ3n) is 4.82. The van der Waals surface area contributed by atoms with Crippen molar-refractivity contribution in [3.8, 4) is 0 Å². The number of carbonyl (C=O) groups is 2. The Bertz CT molecular complexity index is 850. The molecule has 2 aromatic carbocycles. The molecule has 0 spiro atoms. The molecule has 5 heteroatoms. The van der Waals surface area contributed by atoms with Gasteiger partial charge in [-0.05, 0) is 61.1 Å². The average molecular weight is 374 g/mol. The van der Waals surface area contributed by atoms with E-state index in [1.165, 1.54) is 23.3 Å². The zero-order valence-electron chi connectivity index (χ0n) is 14.6. The molecule has 0 saturated carbocycles. The predicted octanol–water partition coefficient (Wildman–Crippen LogP) is 4.81. The Morgan fingerprint density at radius 1 is 1.12 bits per heavy atom. The first-order chi connectivity index (χ1) is 12.4. The van der Waals surface area contributed by atoms with Gasteiger partial charge in [0.2, 0.25) is 5.91 Å². The van der Waals surface area contributed by atoms with Gasteiger partial charge in [-0.15, -0.1) is 0 Å². The third kappa shape index (κ3) is 4.31. The van der Waals surface area contributed by atoms with Crippen LogP contribution in [0.15, 0.2) is 36.4 Å². The predicted molar refractivity (Wildman–Crippen MR) is 100.0 cm³/mol. The van der Waals surface area contributed by atoms with Gasteiger partial charge in [0.1, 0.15) is 5.82 Å². The molecular formula is C21H21ClFNO2. The van der Waals surface area contributed by atoms with E-state index in [0.717, 1.165) is 24.8 Å². The van der Waals surface area contributed by atoms with E-state index in [0.29, 0.717) is 5.56 Å². The SMILES string of the molecule is CC(NC(=O)CCC(=O)c1ccc2c(c1)CCC2)c1ccc(F)c(Cl)c1. The summed E-state index contributed by atoms with van der Waals surface area (Å²) in [7, 11) is 0. The quantitative estimate of drug-likeness (QED) is 0.739.